The first-order valence-corrected chi connectivity index (χ1v) is 12.1. The lowest BCUT2D eigenvalue weighted by Crippen LogP contribution is -2.20. The number of tetrazole rings is 1. The Morgan fingerprint density at radius 2 is 1.79 bits per heavy atom. The van der Waals surface area contributed by atoms with Crippen LogP contribution in [0.5, 0.6) is 5.75 Å². The number of alkyl halides is 3. The molecule has 2 heterocycles. The van der Waals surface area contributed by atoms with Gasteiger partial charge in [-0.15, -0.1) is 5.10 Å². The van der Waals surface area contributed by atoms with Crippen molar-refractivity contribution in [3.63, 3.8) is 0 Å². The Bertz CT molecular complexity index is 1440. The van der Waals surface area contributed by atoms with E-state index in [1.807, 2.05) is 49.4 Å². The van der Waals surface area contributed by atoms with Gasteiger partial charge in [0, 0.05) is 29.2 Å². The number of aromatic nitrogens is 4. The Labute approximate surface area is 216 Å². The van der Waals surface area contributed by atoms with Gasteiger partial charge in [0.05, 0.1) is 5.69 Å². The molecule has 0 saturated heterocycles. The molecule has 0 fully saturated rings. The van der Waals surface area contributed by atoms with Crippen LogP contribution < -0.4 is 15.4 Å². The zero-order chi connectivity index (χ0) is 26.9. The fourth-order valence-corrected chi connectivity index (χ4v) is 4.67. The first-order chi connectivity index (χ1) is 18.2. The summed E-state index contributed by atoms with van der Waals surface area (Å²) in [7, 11) is 0. The second-order valence-electron chi connectivity index (χ2n) is 9.27. The predicted molar refractivity (Wildman–Crippen MR) is 137 cm³/mol. The van der Waals surface area contributed by atoms with Gasteiger partial charge in [0.25, 0.3) is 0 Å². The summed E-state index contributed by atoms with van der Waals surface area (Å²) >= 11 is 0. The molecule has 2 atom stereocenters. The summed E-state index contributed by atoms with van der Waals surface area (Å²) in [4.78, 5) is 12.9. The Kier molecular flexibility index (Phi) is 6.75. The van der Waals surface area contributed by atoms with Crippen molar-refractivity contribution >= 4 is 17.4 Å². The van der Waals surface area contributed by atoms with Gasteiger partial charge in [0.15, 0.2) is 5.82 Å². The predicted octanol–water partition coefficient (Wildman–Crippen LogP) is 6.69. The maximum atomic E-state index is 13.1. The van der Waals surface area contributed by atoms with E-state index in [9.17, 15) is 18.0 Å². The van der Waals surface area contributed by atoms with Crippen molar-refractivity contribution in [2.24, 2.45) is 0 Å². The molecule has 0 spiro atoms. The van der Waals surface area contributed by atoms with E-state index in [0.29, 0.717) is 39.6 Å². The van der Waals surface area contributed by atoms with Gasteiger partial charge < -0.3 is 15.4 Å². The van der Waals surface area contributed by atoms with Crippen molar-refractivity contribution in [2.75, 3.05) is 10.6 Å². The van der Waals surface area contributed by atoms with Crippen LogP contribution in [-0.2, 0) is 0 Å². The van der Waals surface area contributed by atoms with Crippen LogP contribution in [0.4, 0.5) is 29.3 Å². The number of aryl methyl sites for hydroxylation is 1. The summed E-state index contributed by atoms with van der Waals surface area (Å²) in [5.41, 5.74) is 4.73. The highest BCUT2D eigenvalue weighted by molar-refractivity contribution is 6.01. The number of fused-ring (bicyclic) bond motifs is 1. The topological polar surface area (TPSA) is 105 Å². The van der Waals surface area contributed by atoms with E-state index in [4.69, 9.17) is 4.74 Å². The molecule has 1 unspecified atom stereocenters. The number of aromatic amines is 1. The Balaban J connectivity index is 1.55. The molecule has 1 aromatic heterocycles. The molecular formula is C27H25F3N6O2. The maximum Gasteiger partial charge on any atom is 0.389 e. The van der Waals surface area contributed by atoms with Crippen LogP contribution in [0.3, 0.4) is 0 Å². The molecule has 3 aromatic carbocycles. The molecule has 1 aliphatic rings. The number of hydrogen-bond donors (Lipinski definition) is 3. The number of nitrogens with zero attached hydrogens (tertiary/aromatic N) is 3. The van der Waals surface area contributed by atoms with Gasteiger partial charge in [-0.05, 0) is 66.1 Å². The lowest BCUT2D eigenvalue weighted by atomic mass is 9.88. The largest absolute Gasteiger partial charge is 0.488 e. The highest BCUT2D eigenvalue weighted by Crippen LogP contribution is 2.49. The number of benzene rings is 3. The van der Waals surface area contributed by atoms with Crippen molar-refractivity contribution in [2.45, 2.75) is 44.9 Å². The van der Waals surface area contributed by atoms with Gasteiger partial charge in [-0.1, -0.05) is 42.0 Å². The van der Waals surface area contributed by atoms with E-state index in [0.717, 1.165) is 11.1 Å². The molecule has 0 aliphatic carbocycles. The van der Waals surface area contributed by atoms with Crippen molar-refractivity contribution < 1.29 is 22.7 Å². The molecule has 0 saturated carbocycles. The van der Waals surface area contributed by atoms with Gasteiger partial charge in [0.2, 0.25) is 0 Å². The van der Waals surface area contributed by atoms with E-state index in [1.165, 1.54) is 0 Å². The van der Waals surface area contributed by atoms with E-state index in [2.05, 4.69) is 31.3 Å². The van der Waals surface area contributed by atoms with Crippen molar-refractivity contribution in [1.29, 1.82) is 0 Å². The first-order valence-electron chi connectivity index (χ1n) is 12.1. The first kappa shape index (κ1) is 25.2. The Morgan fingerprint density at radius 3 is 2.47 bits per heavy atom. The minimum absolute atomic E-state index is 0.135. The molecule has 3 N–H and O–H groups in total. The number of carbonyl (C=O) groups is 1. The highest BCUT2D eigenvalue weighted by atomic mass is 19.4. The minimum Gasteiger partial charge on any atom is -0.488 e. The Hall–Kier alpha value is -4.41. The minimum atomic E-state index is -4.29. The van der Waals surface area contributed by atoms with Gasteiger partial charge in [-0.3, -0.25) is 0 Å². The molecule has 5 rings (SSSR count). The normalized spacial score (nSPS) is 16.6. The number of halogens is 3. The zero-order valence-electron chi connectivity index (χ0n) is 20.6. The number of hydrogen-bond acceptors (Lipinski definition) is 5. The third-order valence-electron chi connectivity index (χ3n) is 6.52. The number of urea groups is 1. The average molecular weight is 523 g/mol. The molecular weight excluding hydrogens is 497 g/mol. The number of ether oxygens (including phenoxy) is 1. The number of anilines is 2. The summed E-state index contributed by atoms with van der Waals surface area (Å²) in [6, 6.07) is 17.7. The SMILES string of the molecule is Cc1ccc(NC(=O)Nc2cc(-c3ccccc3-c3nnn[nH]3)cc3c2O[C@@H](C)C3CCC(F)(F)F)cc1. The fourth-order valence-electron chi connectivity index (χ4n) is 4.67. The molecule has 2 amide bonds. The summed E-state index contributed by atoms with van der Waals surface area (Å²) in [5.74, 6) is 0.295. The van der Waals surface area contributed by atoms with E-state index >= 15 is 0 Å². The van der Waals surface area contributed by atoms with Crippen LogP contribution in [0.25, 0.3) is 22.5 Å². The Morgan fingerprint density at radius 1 is 1.05 bits per heavy atom. The van der Waals surface area contributed by atoms with Crippen LogP contribution in [-0.4, -0.2) is 38.9 Å². The molecule has 11 heteroatoms. The van der Waals surface area contributed by atoms with Gasteiger partial charge in [-0.2, -0.15) is 13.2 Å². The van der Waals surface area contributed by atoms with Gasteiger partial charge >= 0.3 is 12.2 Å². The summed E-state index contributed by atoms with van der Waals surface area (Å²) < 4.78 is 45.4. The molecule has 196 valence electrons. The second-order valence-corrected chi connectivity index (χ2v) is 9.27. The second kappa shape index (κ2) is 10.2. The van der Waals surface area contributed by atoms with Crippen LogP contribution >= 0.6 is 0 Å². The quantitative estimate of drug-likeness (QED) is 0.262. The van der Waals surface area contributed by atoms with Crippen molar-refractivity contribution in [3.8, 4) is 28.3 Å². The third-order valence-corrected chi connectivity index (χ3v) is 6.52. The van der Waals surface area contributed by atoms with Crippen LogP contribution in [0.1, 0.15) is 36.8 Å². The zero-order valence-corrected chi connectivity index (χ0v) is 20.6. The number of amides is 2. The molecule has 0 bridgehead atoms. The van der Waals surface area contributed by atoms with E-state index in [-0.39, 0.29) is 6.42 Å². The molecule has 38 heavy (non-hydrogen) atoms. The fraction of sp³-hybridized carbons (Fsp3) is 0.259. The molecule has 1 aliphatic heterocycles. The third kappa shape index (κ3) is 5.46. The maximum absolute atomic E-state index is 13.1. The lowest BCUT2D eigenvalue weighted by Gasteiger charge is -2.17. The average Bonchev–Trinajstić information content (AvgIpc) is 3.52. The van der Waals surface area contributed by atoms with Crippen molar-refractivity contribution in [3.05, 3.63) is 71.8 Å². The standard InChI is InChI=1S/C27H25F3N6O2/c1-15-7-9-18(10-8-15)31-26(37)32-23-14-17(20-5-3-4-6-21(20)25-33-35-36-34-25)13-22-19(11-12-27(28,29)30)16(2)38-24(22)23/h3-10,13-14,16,19H,11-12H2,1-2H3,(H2,31,32,37)(H,33,34,35,36)/t16-,19?/m0/s1. The molecule has 4 aromatic rings. The summed E-state index contributed by atoms with van der Waals surface area (Å²) in [5, 5.41) is 19.7. The van der Waals surface area contributed by atoms with E-state index in [1.54, 1.807) is 25.1 Å². The monoisotopic (exact) mass is 522 g/mol. The molecule has 0 radical (unpaired) electrons. The number of rotatable bonds is 6. The highest BCUT2D eigenvalue weighted by Gasteiger charge is 2.37. The number of carbonyl (C=O) groups excluding carboxylic acids is 1. The molecule has 8 nitrogen and oxygen atoms in total. The van der Waals surface area contributed by atoms with Crippen LogP contribution in [0, 0.1) is 6.92 Å². The number of nitrogens with one attached hydrogen (secondary N) is 3. The van der Waals surface area contributed by atoms with Gasteiger partial charge in [-0.25, -0.2) is 9.89 Å². The van der Waals surface area contributed by atoms with Gasteiger partial charge in [0.1, 0.15) is 11.9 Å². The smallest absolute Gasteiger partial charge is 0.389 e. The summed E-state index contributed by atoms with van der Waals surface area (Å²) in [6.45, 7) is 3.68. The van der Waals surface area contributed by atoms with Crippen molar-refractivity contribution in [1.82, 2.24) is 20.6 Å². The number of H-pyrrole nitrogens is 1. The van der Waals surface area contributed by atoms with E-state index < -0.39 is 30.7 Å². The summed E-state index contributed by atoms with van der Waals surface area (Å²) in [6.07, 6.45) is -5.87. The van der Waals surface area contributed by atoms with Crippen LogP contribution in [0.15, 0.2) is 60.7 Å². The van der Waals surface area contributed by atoms with Crippen LogP contribution in [0.2, 0.25) is 0 Å². The lowest BCUT2D eigenvalue weighted by molar-refractivity contribution is -0.136.